The van der Waals surface area contributed by atoms with Crippen molar-refractivity contribution >= 4 is 39.2 Å². The van der Waals surface area contributed by atoms with Gasteiger partial charge in [0.2, 0.25) is 0 Å². The maximum Gasteiger partial charge on any atom is 0.332 e. The molecule has 2 atom stereocenters. The van der Waals surface area contributed by atoms with E-state index in [4.69, 9.17) is 16.3 Å². The van der Waals surface area contributed by atoms with E-state index in [1.165, 1.54) is 0 Å². The fourth-order valence-electron chi connectivity index (χ4n) is 3.21. The molecular formula is C16H21BrClNO2. The first-order valence-corrected chi connectivity index (χ1v) is 8.61. The van der Waals surface area contributed by atoms with Crippen LogP contribution < -0.4 is 5.32 Å². The van der Waals surface area contributed by atoms with Crippen molar-refractivity contribution in [2.24, 2.45) is 5.92 Å². The van der Waals surface area contributed by atoms with Gasteiger partial charge >= 0.3 is 5.97 Å². The Morgan fingerprint density at radius 1 is 1.52 bits per heavy atom. The monoisotopic (exact) mass is 373 g/mol. The maximum atomic E-state index is 12.6. The lowest BCUT2D eigenvalue weighted by Gasteiger charge is -2.34. The van der Waals surface area contributed by atoms with Crippen LogP contribution >= 0.6 is 27.5 Å². The first-order chi connectivity index (χ1) is 10.0. The SMILES string of the molecule is CCOC(=O)C1(Nc2ccc(Cl)c(Br)c2)CCCC1CC. The molecular weight excluding hydrogens is 354 g/mol. The van der Waals surface area contributed by atoms with Crippen molar-refractivity contribution in [2.45, 2.75) is 45.1 Å². The van der Waals surface area contributed by atoms with Crippen molar-refractivity contribution < 1.29 is 9.53 Å². The summed E-state index contributed by atoms with van der Waals surface area (Å²) in [6, 6.07) is 5.64. The molecule has 1 fully saturated rings. The van der Waals surface area contributed by atoms with Crippen molar-refractivity contribution in [3.63, 3.8) is 0 Å². The Morgan fingerprint density at radius 2 is 2.29 bits per heavy atom. The summed E-state index contributed by atoms with van der Waals surface area (Å²) in [6.07, 6.45) is 3.86. The number of hydrogen-bond donors (Lipinski definition) is 1. The van der Waals surface area contributed by atoms with Crippen LogP contribution in [0.2, 0.25) is 5.02 Å². The predicted octanol–water partition coefficient (Wildman–Crippen LogP) is 5.03. The third-order valence-electron chi connectivity index (χ3n) is 4.24. The number of nitrogens with one attached hydrogen (secondary N) is 1. The molecule has 1 N–H and O–H groups in total. The van der Waals surface area contributed by atoms with Crippen LogP contribution in [0.1, 0.15) is 39.5 Å². The highest BCUT2D eigenvalue weighted by atomic mass is 79.9. The van der Waals surface area contributed by atoms with Crippen LogP contribution in [0.3, 0.4) is 0 Å². The zero-order valence-corrected chi connectivity index (χ0v) is 14.8. The Hall–Kier alpha value is -0.740. The molecule has 0 amide bonds. The molecule has 0 heterocycles. The Labute approximate surface area is 139 Å². The van der Waals surface area contributed by atoms with Gasteiger partial charge in [0.15, 0.2) is 0 Å². The van der Waals surface area contributed by atoms with Crippen molar-refractivity contribution in [1.29, 1.82) is 0 Å². The van der Waals surface area contributed by atoms with E-state index in [2.05, 4.69) is 28.2 Å². The zero-order chi connectivity index (χ0) is 15.5. The van der Waals surface area contributed by atoms with Gasteiger partial charge in [0.25, 0.3) is 0 Å². The van der Waals surface area contributed by atoms with E-state index in [0.717, 1.165) is 35.8 Å². The number of carbonyl (C=O) groups excluding carboxylic acids is 1. The second-order valence-electron chi connectivity index (χ2n) is 5.44. The summed E-state index contributed by atoms with van der Waals surface area (Å²) < 4.78 is 6.17. The Balaban J connectivity index is 2.31. The van der Waals surface area contributed by atoms with E-state index in [1.807, 2.05) is 25.1 Å². The maximum absolute atomic E-state index is 12.6. The van der Waals surface area contributed by atoms with E-state index in [9.17, 15) is 4.79 Å². The summed E-state index contributed by atoms with van der Waals surface area (Å²) in [4.78, 5) is 12.6. The number of hydrogen-bond acceptors (Lipinski definition) is 3. The largest absolute Gasteiger partial charge is 0.464 e. The van der Waals surface area contributed by atoms with Crippen LogP contribution in [0.15, 0.2) is 22.7 Å². The standard InChI is InChI=1S/C16H21BrClNO2/c1-3-11-6-5-9-16(11,15(20)21-4-2)19-12-7-8-14(18)13(17)10-12/h7-8,10-11,19H,3-6,9H2,1-2H3. The fraction of sp³-hybridized carbons (Fsp3) is 0.562. The minimum atomic E-state index is -0.613. The second kappa shape index (κ2) is 7.01. The molecule has 0 aromatic heterocycles. The molecule has 1 saturated carbocycles. The smallest absolute Gasteiger partial charge is 0.332 e. The van der Waals surface area contributed by atoms with Crippen LogP contribution in [-0.2, 0) is 9.53 Å². The normalized spacial score (nSPS) is 24.9. The molecule has 1 aliphatic carbocycles. The summed E-state index contributed by atoms with van der Waals surface area (Å²) in [5, 5.41) is 4.10. The first-order valence-electron chi connectivity index (χ1n) is 7.44. The molecule has 2 unspecified atom stereocenters. The number of halogens is 2. The molecule has 3 nitrogen and oxygen atoms in total. The van der Waals surface area contributed by atoms with E-state index in [1.54, 1.807) is 0 Å². The Kier molecular flexibility index (Phi) is 5.55. The van der Waals surface area contributed by atoms with Gasteiger partial charge in [-0.05, 0) is 59.8 Å². The molecule has 1 aliphatic rings. The van der Waals surface area contributed by atoms with Crippen LogP contribution in [0, 0.1) is 5.92 Å². The van der Waals surface area contributed by atoms with Crippen LogP contribution in [0.25, 0.3) is 0 Å². The average molecular weight is 375 g/mol. The number of esters is 1. The Morgan fingerprint density at radius 3 is 2.90 bits per heavy atom. The van der Waals surface area contributed by atoms with Crippen molar-refractivity contribution in [2.75, 3.05) is 11.9 Å². The molecule has 1 aromatic rings. The highest BCUT2D eigenvalue weighted by Gasteiger charge is 2.49. The molecule has 2 rings (SSSR count). The molecule has 1 aromatic carbocycles. The lowest BCUT2D eigenvalue weighted by atomic mass is 9.84. The summed E-state index contributed by atoms with van der Waals surface area (Å²) in [6.45, 7) is 4.38. The summed E-state index contributed by atoms with van der Waals surface area (Å²) in [5.74, 6) is 0.159. The lowest BCUT2D eigenvalue weighted by Crippen LogP contribution is -2.50. The van der Waals surface area contributed by atoms with Gasteiger partial charge in [-0.3, -0.25) is 0 Å². The van der Waals surface area contributed by atoms with Gasteiger partial charge in [-0.25, -0.2) is 4.79 Å². The number of carbonyl (C=O) groups is 1. The van der Waals surface area contributed by atoms with Crippen molar-refractivity contribution in [3.05, 3.63) is 27.7 Å². The number of rotatable bonds is 5. The van der Waals surface area contributed by atoms with Gasteiger partial charge in [0, 0.05) is 10.2 Å². The fourth-order valence-corrected chi connectivity index (χ4v) is 3.70. The van der Waals surface area contributed by atoms with Gasteiger partial charge in [0.1, 0.15) is 5.54 Å². The van der Waals surface area contributed by atoms with E-state index < -0.39 is 5.54 Å². The second-order valence-corrected chi connectivity index (χ2v) is 6.70. The van der Waals surface area contributed by atoms with Gasteiger partial charge in [-0.1, -0.05) is 31.4 Å². The number of ether oxygens (including phenoxy) is 1. The van der Waals surface area contributed by atoms with E-state index >= 15 is 0 Å². The quantitative estimate of drug-likeness (QED) is 0.735. The van der Waals surface area contributed by atoms with Crippen LogP contribution in [-0.4, -0.2) is 18.1 Å². The van der Waals surface area contributed by atoms with Gasteiger partial charge in [-0.15, -0.1) is 0 Å². The van der Waals surface area contributed by atoms with Crippen LogP contribution in [0.4, 0.5) is 5.69 Å². The third kappa shape index (κ3) is 3.37. The minimum Gasteiger partial charge on any atom is -0.464 e. The van der Waals surface area contributed by atoms with Gasteiger partial charge in [-0.2, -0.15) is 0 Å². The lowest BCUT2D eigenvalue weighted by molar-refractivity contribution is -0.150. The number of benzene rings is 1. The van der Waals surface area contributed by atoms with Crippen LogP contribution in [0.5, 0.6) is 0 Å². The highest BCUT2D eigenvalue weighted by Crippen LogP contribution is 2.42. The minimum absolute atomic E-state index is 0.138. The summed E-state index contributed by atoms with van der Waals surface area (Å²) in [7, 11) is 0. The average Bonchev–Trinajstić information content (AvgIpc) is 2.87. The predicted molar refractivity (Wildman–Crippen MR) is 89.8 cm³/mol. The molecule has 21 heavy (non-hydrogen) atoms. The molecule has 116 valence electrons. The molecule has 0 radical (unpaired) electrons. The molecule has 0 spiro atoms. The van der Waals surface area contributed by atoms with Crippen molar-refractivity contribution in [1.82, 2.24) is 0 Å². The summed E-state index contributed by atoms with van der Waals surface area (Å²) in [5.41, 5.74) is 0.276. The zero-order valence-electron chi connectivity index (χ0n) is 12.4. The van der Waals surface area contributed by atoms with Gasteiger partial charge < -0.3 is 10.1 Å². The van der Waals surface area contributed by atoms with E-state index in [0.29, 0.717) is 17.5 Å². The molecule has 0 saturated heterocycles. The summed E-state index contributed by atoms with van der Waals surface area (Å²) >= 11 is 9.46. The van der Waals surface area contributed by atoms with Crippen molar-refractivity contribution in [3.8, 4) is 0 Å². The van der Waals surface area contributed by atoms with Gasteiger partial charge in [0.05, 0.1) is 11.6 Å². The highest BCUT2D eigenvalue weighted by molar-refractivity contribution is 9.10. The van der Waals surface area contributed by atoms with E-state index in [-0.39, 0.29) is 5.97 Å². The Bertz CT molecular complexity index is 523. The molecule has 5 heteroatoms. The molecule has 0 bridgehead atoms. The number of anilines is 1. The third-order valence-corrected chi connectivity index (χ3v) is 5.45. The molecule has 0 aliphatic heterocycles. The topological polar surface area (TPSA) is 38.3 Å². The first kappa shape index (κ1) is 16.6.